The minimum Gasteiger partial charge on any atom is -0.394 e. The second kappa shape index (κ2) is 52.0. The summed E-state index contributed by atoms with van der Waals surface area (Å²) in [5.74, 6) is -0.0798. The van der Waals surface area contributed by atoms with Gasteiger partial charge < -0.3 is 15.5 Å². The van der Waals surface area contributed by atoms with Crippen LogP contribution in [0.1, 0.15) is 296 Å². The molecule has 0 heterocycles. The summed E-state index contributed by atoms with van der Waals surface area (Å²) in [7, 11) is 0. The molecule has 0 saturated heterocycles. The summed E-state index contributed by atoms with van der Waals surface area (Å²) < 4.78 is 0. The van der Waals surface area contributed by atoms with E-state index in [1.807, 2.05) is 6.08 Å². The highest BCUT2D eigenvalue weighted by Crippen LogP contribution is 2.17. The maximum atomic E-state index is 12.4. The summed E-state index contributed by atoms with van der Waals surface area (Å²) in [6, 6.07) is -0.643. The lowest BCUT2D eigenvalue weighted by atomic mass is 10.0. The molecule has 3 N–H and O–H groups in total. The Bertz CT molecular complexity index is 912. The molecule has 4 heteroatoms. The van der Waals surface area contributed by atoms with Crippen molar-refractivity contribution in [3.63, 3.8) is 0 Å². The lowest BCUT2D eigenvalue weighted by Gasteiger charge is -2.19. The highest BCUT2D eigenvalue weighted by Gasteiger charge is 2.17. The van der Waals surface area contributed by atoms with Crippen molar-refractivity contribution >= 4 is 5.91 Å². The molecule has 0 aromatic rings. The van der Waals surface area contributed by atoms with Crippen LogP contribution in [0, 0.1) is 0 Å². The molecule has 0 fully saturated rings. The van der Waals surface area contributed by atoms with Gasteiger partial charge in [-0.1, -0.05) is 269 Å². The minimum atomic E-state index is -0.865. The van der Waals surface area contributed by atoms with E-state index in [0.29, 0.717) is 6.42 Å². The fraction of sp³-hybridized carbons (Fsp3) is 0.875. The highest BCUT2D eigenvalue weighted by molar-refractivity contribution is 5.76. The molecule has 0 rings (SSSR count). The Kier molecular flexibility index (Phi) is 50.8. The molecule has 0 radical (unpaired) electrons. The number of hydrogen-bond donors (Lipinski definition) is 3. The van der Waals surface area contributed by atoms with Gasteiger partial charge in [0, 0.05) is 6.42 Å². The van der Waals surface area contributed by atoms with Crippen molar-refractivity contribution in [3.8, 4) is 0 Å². The molecular weight excluding hydrogens is 735 g/mol. The van der Waals surface area contributed by atoms with E-state index in [4.69, 9.17) is 0 Å². The number of hydrogen-bond acceptors (Lipinski definition) is 3. The average Bonchev–Trinajstić information content (AvgIpc) is 3.25. The van der Waals surface area contributed by atoms with E-state index in [-0.39, 0.29) is 12.5 Å². The van der Waals surface area contributed by atoms with Gasteiger partial charge in [0.05, 0.1) is 18.8 Å². The molecule has 2 atom stereocenters. The van der Waals surface area contributed by atoms with Gasteiger partial charge in [-0.2, -0.15) is 0 Å². The summed E-state index contributed by atoms with van der Waals surface area (Å²) in [5.41, 5.74) is 0. The number of carbonyl (C=O) groups excluding carboxylic acids is 1. The van der Waals surface area contributed by atoms with E-state index in [9.17, 15) is 15.0 Å². The first kappa shape index (κ1) is 58.6. The first-order chi connectivity index (χ1) is 29.7. The number of unbranched alkanes of at least 4 members (excludes halogenated alkanes) is 39. The summed E-state index contributed by atoms with van der Waals surface area (Å²) in [4.78, 5) is 12.4. The van der Waals surface area contributed by atoms with Crippen LogP contribution < -0.4 is 5.32 Å². The Morgan fingerprint density at radius 2 is 0.650 bits per heavy atom. The van der Waals surface area contributed by atoms with Crippen LogP contribution in [0.4, 0.5) is 0 Å². The molecule has 0 saturated carbocycles. The number of aliphatic hydroxyl groups excluding tert-OH is 2. The molecule has 4 nitrogen and oxygen atoms in total. The lowest BCUT2D eigenvalue weighted by molar-refractivity contribution is -0.123. The zero-order valence-corrected chi connectivity index (χ0v) is 40.7. The predicted octanol–water partition coefficient (Wildman–Crippen LogP) is 17.7. The van der Waals surface area contributed by atoms with Crippen LogP contribution in [0.3, 0.4) is 0 Å². The quantitative estimate of drug-likeness (QED) is 0.0422. The van der Waals surface area contributed by atoms with E-state index in [0.717, 1.165) is 44.9 Å². The second-order valence-electron chi connectivity index (χ2n) is 18.6. The number of nitrogens with one attached hydrogen (secondary N) is 1. The third-order valence-corrected chi connectivity index (χ3v) is 12.6. The summed E-state index contributed by atoms with van der Waals surface area (Å²) in [6.07, 6.45) is 70.3. The van der Waals surface area contributed by atoms with Gasteiger partial charge in [0.1, 0.15) is 0 Å². The van der Waals surface area contributed by atoms with E-state index >= 15 is 0 Å². The van der Waals surface area contributed by atoms with Crippen molar-refractivity contribution < 1.29 is 15.0 Å². The van der Waals surface area contributed by atoms with Crippen molar-refractivity contribution in [3.05, 3.63) is 36.5 Å². The van der Waals surface area contributed by atoms with Crippen LogP contribution in [0.2, 0.25) is 0 Å². The standard InChI is InChI=1S/C56H107NO3/c1-3-5-7-9-11-13-15-17-19-21-22-23-24-25-26-27-28-29-30-31-32-33-34-35-36-37-39-41-43-45-47-49-51-55(59)54(53-58)57-56(60)52-50-48-46-44-42-40-38-20-18-16-14-12-10-8-6-4-2/h20,38,41,43,49,51,54-55,58-59H,3-19,21-37,39-40,42,44-48,50,52-53H2,1-2H3,(H,57,60)/b38-20-,43-41+,51-49+. The summed E-state index contributed by atoms with van der Waals surface area (Å²) in [5, 5.41) is 23.1. The summed E-state index contributed by atoms with van der Waals surface area (Å²) in [6.45, 7) is 4.31. The molecule has 0 aliphatic rings. The third kappa shape index (κ3) is 47.7. The van der Waals surface area contributed by atoms with Gasteiger partial charge >= 0.3 is 0 Å². The molecule has 0 spiro atoms. The van der Waals surface area contributed by atoms with Crippen LogP contribution in [0.5, 0.6) is 0 Å². The average molecular weight is 842 g/mol. The molecule has 2 unspecified atom stereocenters. The largest absolute Gasteiger partial charge is 0.394 e. The normalized spacial score (nSPS) is 13.1. The van der Waals surface area contributed by atoms with Crippen molar-refractivity contribution in [2.45, 2.75) is 309 Å². The number of rotatable bonds is 50. The van der Waals surface area contributed by atoms with Crippen molar-refractivity contribution in [1.82, 2.24) is 5.32 Å². The SMILES string of the molecule is CCCCCCCCC/C=C\CCCCCCCC(=O)NC(CO)C(O)/C=C/CC/C=C/CCCCCCCCCCCCCCCCCCCCCCCCCCCC. The highest BCUT2D eigenvalue weighted by atomic mass is 16.3. The lowest BCUT2D eigenvalue weighted by Crippen LogP contribution is -2.45. The van der Waals surface area contributed by atoms with Crippen LogP contribution in [-0.4, -0.2) is 34.9 Å². The molecular formula is C56H107NO3. The van der Waals surface area contributed by atoms with Crippen LogP contribution >= 0.6 is 0 Å². The Labute approximate surface area is 376 Å². The number of allylic oxidation sites excluding steroid dienone is 5. The fourth-order valence-electron chi connectivity index (χ4n) is 8.43. The van der Waals surface area contributed by atoms with E-state index < -0.39 is 12.1 Å². The number of aliphatic hydroxyl groups is 2. The molecule has 0 bridgehead atoms. The number of carbonyl (C=O) groups is 1. The van der Waals surface area contributed by atoms with Crippen molar-refractivity contribution in [2.75, 3.05) is 6.61 Å². The van der Waals surface area contributed by atoms with Crippen LogP contribution in [-0.2, 0) is 4.79 Å². The zero-order valence-electron chi connectivity index (χ0n) is 40.7. The van der Waals surface area contributed by atoms with Crippen molar-refractivity contribution in [2.24, 2.45) is 0 Å². The smallest absolute Gasteiger partial charge is 0.220 e. The van der Waals surface area contributed by atoms with E-state index in [1.54, 1.807) is 6.08 Å². The Morgan fingerprint density at radius 1 is 0.383 bits per heavy atom. The van der Waals surface area contributed by atoms with Gasteiger partial charge in [0.25, 0.3) is 0 Å². The predicted molar refractivity (Wildman–Crippen MR) is 267 cm³/mol. The zero-order chi connectivity index (χ0) is 43.5. The first-order valence-corrected chi connectivity index (χ1v) is 27.2. The first-order valence-electron chi connectivity index (χ1n) is 27.2. The molecule has 1 amide bonds. The van der Waals surface area contributed by atoms with E-state index in [1.165, 1.54) is 231 Å². The molecule has 0 aliphatic carbocycles. The molecule has 0 aliphatic heterocycles. The van der Waals surface area contributed by atoms with Gasteiger partial charge in [-0.05, 0) is 57.8 Å². The van der Waals surface area contributed by atoms with Gasteiger partial charge in [-0.25, -0.2) is 0 Å². The topological polar surface area (TPSA) is 69.6 Å². The van der Waals surface area contributed by atoms with Gasteiger partial charge in [0.2, 0.25) is 5.91 Å². The molecule has 354 valence electrons. The van der Waals surface area contributed by atoms with Crippen LogP contribution in [0.25, 0.3) is 0 Å². The minimum absolute atomic E-state index is 0.0798. The van der Waals surface area contributed by atoms with Crippen molar-refractivity contribution in [1.29, 1.82) is 0 Å². The van der Waals surface area contributed by atoms with Gasteiger partial charge in [-0.15, -0.1) is 0 Å². The Morgan fingerprint density at radius 3 is 0.967 bits per heavy atom. The maximum absolute atomic E-state index is 12.4. The molecule has 0 aromatic heterocycles. The fourth-order valence-corrected chi connectivity index (χ4v) is 8.43. The third-order valence-electron chi connectivity index (χ3n) is 12.6. The van der Waals surface area contributed by atoms with E-state index in [2.05, 4.69) is 43.5 Å². The van der Waals surface area contributed by atoms with Crippen LogP contribution in [0.15, 0.2) is 36.5 Å². The maximum Gasteiger partial charge on any atom is 0.220 e. The molecule has 0 aromatic carbocycles. The van der Waals surface area contributed by atoms with Gasteiger partial charge in [-0.3, -0.25) is 4.79 Å². The molecule has 60 heavy (non-hydrogen) atoms. The number of amides is 1. The second-order valence-corrected chi connectivity index (χ2v) is 18.6. The van der Waals surface area contributed by atoms with Gasteiger partial charge in [0.15, 0.2) is 0 Å². The monoisotopic (exact) mass is 842 g/mol. The Hall–Kier alpha value is -1.39. The Balaban J connectivity index is 3.49. The summed E-state index contributed by atoms with van der Waals surface area (Å²) >= 11 is 0.